The van der Waals surface area contributed by atoms with Gasteiger partial charge >= 0.3 is 0 Å². The zero-order valence-corrected chi connectivity index (χ0v) is 10.8. The standard InChI is InChI=1S/C13H15N3O3/c1-17-10-5-3-4-9(6-10)7-19-13-11(14)12(18-2)15-8-16-13/h3-6,8H,7,14H2,1-2H3. The first-order valence-corrected chi connectivity index (χ1v) is 5.64. The van der Waals surface area contributed by atoms with E-state index in [4.69, 9.17) is 19.9 Å². The first-order chi connectivity index (χ1) is 9.24. The minimum absolute atomic E-state index is 0.285. The minimum Gasteiger partial charge on any atom is -0.497 e. The minimum atomic E-state index is 0.285. The molecule has 1 aromatic heterocycles. The van der Waals surface area contributed by atoms with Crippen LogP contribution in [0.4, 0.5) is 5.69 Å². The van der Waals surface area contributed by atoms with E-state index in [-0.39, 0.29) is 5.69 Å². The third-order valence-corrected chi connectivity index (χ3v) is 2.51. The number of hydrogen-bond donors (Lipinski definition) is 1. The second-order valence-corrected chi connectivity index (χ2v) is 3.74. The van der Waals surface area contributed by atoms with Gasteiger partial charge in [-0.15, -0.1) is 0 Å². The summed E-state index contributed by atoms with van der Waals surface area (Å²) in [7, 11) is 3.11. The van der Waals surface area contributed by atoms with Crippen molar-refractivity contribution in [3.63, 3.8) is 0 Å². The van der Waals surface area contributed by atoms with Crippen LogP contribution in [0.15, 0.2) is 30.6 Å². The van der Waals surface area contributed by atoms with Crippen molar-refractivity contribution in [1.82, 2.24) is 9.97 Å². The molecule has 0 aliphatic carbocycles. The molecule has 0 aliphatic rings. The van der Waals surface area contributed by atoms with Crippen molar-refractivity contribution in [3.05, 3.63) is 36.2 Å². The van der Waals surface area contributed by atoms with E-state index in [1.807, 2.05) is 24.3 Å². The van der Waals surface area contributed by atoms with Crippen LogP contribution in [-0.2, 0) is 6.61 Å². The molecule has 0 saturated carbocycles. The summed E-state index contributed by atoms with van der Waals surface area (Å²) in [6.45, 7) is 0.335. The van der Waals surface area contributed by atoms with Gasteiger partial charge in [0.2, 0.25) is 11.8 Å². The van der Waals surface area contributed by atoms with Crippen LogP contribution in [0, 0.1) is 0 Å². The highest BCUT2D eigenvalue weighted by Crippen LogP contribution is 2.26. The molecule has 0 aliphatic heterocycles. The molecule has 0 saturated heterocycles. The summed E-state index contributed by atoms with van der Waals surface area (Å²) >= 11 is 0. The van der Waals surface area contributed by atoms with Crippen molar-refractivity contribution in [3.8, 4) is 17.5 Å². The highest BCUT2D eigenvalue weighted by Gasteiger charge is 2.09. The first kappa shape index (κ1) is 12.9. The predicted octanol–water partition coefficient (Wildman–Crippen LogP) is 1.65. The molecule has 0 bridgehead atoms. The molecule has 6 nitrogen and oxygen atoms in total. The Balaban J connectivity index is 2.10. The number of nitrogens with zero attached hydrogens (tertiary/aromatic N) is 2. The zero-order valence-electron chi connectivity index (χ0n) is 10.8. The Morgan fingerprint density at radius 3 is 2.63 bits per heavy atom. The van der Waals surface area contributed by atoms with E-state index in [2.05, 4.69) is 9.97 Å². The van der Waals surface area contributed by atoms with Gasteiger partial charge in [0.15, 0.2) is 5.69 Å². The van der Waals surface area contributed by atoms with E-state index in [1.165, 1.54) is 13.4 Å². The smallest absolute Gasteiger partial charge is 0.244 e. The summed E-state index contributed by atoms with van der Waals surface area (Å²) in [5.41, 5.74) is 7.05. The van der Waals surface area contributed by atoms with Crippen molar-refractivity contribution >= 4 is 5.69 Å². The quantitative estimate of drug-likeness (QED) is 0.881. The number of anilines is 1. The number of methoxy groups -OCH3 is 2. The fraction of sp³-hybridized carbons (Fsp3) is 0.231. The number of nitrogens with two attached hydrogens (primary N) is 1. The molecular weight excluding hydrogens is 246 g/mol. The summed E-state index contributed by atoms with van der Waals surface area (Å²) in [6, 6.07) is 7.57. The normalized spacial score (nSPS) is 10.0. The van der Waals surface area contributed by atoms with Crippen molar-refractivity contribution in [1.29, 1.82) is 0 Å². The molecule has 1 heterocycles. The average molecular weight is 261 g/mol. The van der Waals surface area contributed by atoms with E-state index in [0.717, 1.165) is 11.3 Å². The number of benzene rings is 1. The van der Waals surface area contributed by atoms with Gasteiger partial charge in [-0.1, -0.05) is 12.1 Å². The van der Waals surface area contributed by atoms with E-state index in [9.17, 15) is 0 Å². The van der Waals surface area contributed by atoms with Crippen LogP contribution in [0.25, 0.3) is 0 Å². The lowest BCUT2D eigenvalue weighted by Gasteiger charge is -2.10. The zero-order chi connectivity index (χ0) is 13.7. The molecule has 100 valence electrons. The van der Waals surface area contributed by atoms with Gasteiger partial charge in [-0.3, -0.25) is 0 Å². The predicted molar refractivity (Wildman–Crippen MR) is 70.3 cm³/mol. The van der Waals surface area contributed by atoms with Gasteiger partial charge in [0.25, 0.3) is 0 Å². The van der Waals surface area contributed by atoms with Crippen molar-refractivity contribution in [2.45, 2.75) is 6.61 Å². The van der Waals surface area contributed by atoms with Gasteiger partial charge in [0.1, 0.15) is 18.7 Å². The van der Waals surface area contributed by atoms with Crippen LogP contribution < -0.4 is 19.9 Å². The fourth-order valence-corrected chi connectivity index (χ4v) is 1.56. The molecule has 0 amide bonds. The lowest BCUT2D eigenvalue weighted by Crippen LogP contribution is -2.04. The van der Waals surface area contributed by atoms with E-state index in [1.54, 1.807) is 7.11 Å². The Morgan fingerprint density at radius 2 is 1.89 bits per heavy atom. The largest absolute Gasteiger partial charge is 0.497 e. The third kappa shape index (κ3) is 3.04. The van der Waals surface area contributed by atoms with Gasteiger partial charge in [0, 0.05) is 0 Å². The monoisotopic (exact) mass is 261 g/mol. The fourth-order valence-electron chi connectivity index (χ4n) is 1.56. The second kappa shape index (κ2) is 5.90. The lowest BCUT2D eigenvalue weighted by molar-refractivity contribution is 0.291. The number of ether oxygens (including phenoxy) is 3. The van der Waals surface area contributed by atoms with Gasteiger partial charge in [0.05, 0.1) is 14.2 Å². The molecule has 19 heavy (non-hydrogen) atoms. The Hall–Kier alpha value is -2.50. The maximum absolute atomic E-state index is 5.81. The molecule has 6 heteroatoms. The van der Waals surface area contributed by atoms with Crippen molar-refractivity contribution < 1.29 is 14.2 Å². The van der Waals surface area contributed by atoms with Gasteiger partial charge in [-0.25, -0.2) is 0 Å². The van der Waals surface area contributed by atoms with Crippen LogP contribution in [-0.4, -0.2) is 24.2 Å². The van der Waals surface area contributed by atoms with Crippen LogP contribution in [0.2, 0.25) is 0 Å². The molecule has 2 N–H and O–H groups in total. The van der Waals surface area contributed by atoms with Crippen LogP contribution >= 0.6 is 0 Å². The van der Waals surface area contributed by atoms with Gasteiger partial charge in [-0.05, 0) is 17.7 Å². The summed E-state index contributed by atoms with van der Waals surface area (Å²) in [5, 5.41) is 0. The summed E-state index contributed by atoms with van der Waals surface area (Å²) in [6.07, 6.45) is 1.34. The Bertz CT molecular complexity index is 561. The van der Waals surface area contributed by atoms with Crippen LogP contribution in [0.3, 0.4) is 0 Å². The number of aromatic nitrogens is 2. The molecular formula is C13H15N3O3. The number of nitrogen functional groups attached to an aromatic ring is 1. The number of rotatable bonds is 5. The van der Waals surface area contributed by atoms with E-state index in [0.29, 0.717) is 18.4 Å². The van der Waals surface area contributed by atoms with E-state index >= 15 is 0 Å². The molecule has 2 rings (SSSR count). The first-order valence-electron chi connectivity index (χ1n) is 5.64. The van der Waals surface area contributed by atoms with Gasteiger partial charge in [-0.2, -0.15) is 9.97 Å². The summed E-state index contributed by atoms with van der Waals surface area (Å²) in [5.74, 6) is 1.37. The maximum Gasteiger partial charge on any atom is 0.244 e. The van der Waals surface area contributed by atoms with Crippen LogP contribution in [0.1, 0.15) is 5.56 Å². The highest BCUT2D eigenvalue weighted by atomic mass is 16.5. The average Bonchev–Trinajstić information content (AvgIpc) is 2.46. The SMILES string of the molecule is COc1cccc(COc2ncnc(OC)c2N)c1. The maximum atomic E-state index is 5.81. The van der Waals surface area contributed by atoms with Crippen molar-refractivity contribution in [2.75, 3.05) is 20.0 Å². The molecule has 0 spiro atoms. The Kier molecular flexibility index (Phi) is 4.02. The third-order valence-electron chi connectivity index (χ3n) is 2.51. The molecule has 2 aromatic rings. The summed E-state index contributed by atoms with van der Waals surface area (Å²) in [4.78, 5) is 7.86. The van der Waals surface area contributed by atoms with E-state index < -0.39 is 0 Å². The molecule has 0 atom stereocenters. The second-order valence-electron chi connectivity index (χ2n) is 3.74. The molecule has 1 aromatic carbocycles. The molecule has 0 radical (unpaired) electrons. The van der Waals surface area contributed by atoms with Crippen molar-refractivity contribution in [2.24, 2.45) is 0 Å². The Labute approximate surface area is 111 Å². The van der Waals surface area contributed by atoms with Crippen LogP contribution in [0.5, 0.6) is 17.5 Å². The topological polar surface area (TPSA) is 79.5 Å². The van der Waals surface area contributed by atoms with Gasteiger partial charge < -0.3 is 19.9 Å². The Morgan fingerprint density at radius 1 is 1.11 bits per heavy atom. The lowest BCUT2D eigenvalue weighted by atomic mass is 10.2. The molecule has 0 unspecified atom stereocenters. The molecule has 0 fully saturated rings. The highest BCUT2D eigenvalue weighted by molar-refractivity contribution is 5.55. The summed E-state index contributed by atoms with van der Waals surface area (Å²) < 4.78 is 15.7. The number of hydrogen-bond acceptors (Lipinski definition) is 6.